The number of hydrogen-bond donors (Lipinski definition) is 0. The highest BCUT2D eigenvalue weighted by molar-refractivity contribution is 6.29. The van der Waals surface area contributed by atoms with Crippen LogP contribution in [-0.4, -0.2) is 34.2 Å². The smallest absolute Gasteiger partial charge is 0.340 e. The van der Waals surface area contributed by atoms with Crippen molar-refractivity contribution < 1.29 is 14.3 Å². The minimum Gasteiger partial charge on any atom is -0.452 e. The average molecular weight is 486 g/mol. The van der Waals surface area contributed by atoms with Crippen LogP contribution in [0.25, 0.3) is 6.08 Å². The lowest BCUT2D eigenvalue weighted by molar-refractivity contribution is -0.137. The molecule has 1 aliphatic heterocycles. The number of aromatic nitrogens is 1. The summed E-state index contributed by atoms with van der Waals surface area (Å²) < 4.78 is 5.31. The summed E-state index contributed by atoms with van der Waals surface area (Å²) in [5, 5.41) is 6.60. The topological polar surface area (TPSA) is 71.9 Å². The largest absolute Gasteiger partial charge is 0.452 e. The van der Waals surface area contributed by atoms with Crippen LogP contribution in [0, 0.1) is 5.92 Å². The van der Waals surface area contributed by atoms with Crippen molar-refractivity contribution in [2.24, 2.45) is 11.0 Å². The van der Waals surface area contributed by atoms with Gasteiger partial charge in [0.1, 0.15) is 5.15 Å². The molecule has 2 aromatic carbocycles. The van der Waals surface area contributed by atoms with E-state index in [4.69, 9.17) is 21.4 Å². The predicted molar refractivity (Wildman–Crippen MR) is 135 cm³/mol. The lowest BCUT2D eigenvalue weighted by Gasteiger charge is -2.29. The summed E-state index contributed by atoms with van der Waals surface area (Å²) in [6.07, 6.45) is 6.35. The van der Waals surface area contributed by atoms with Gasteiger partial charge in [0.2, 0.25) is 0 Å². The van der Waals surface area contributed by atoms with Crippen LogP contribution in [0.4, 0.5) is 0 Å². The number of amides is 1. The molecular formula is C28H24ClN3O3. The van der Waals surface area contributed by atoms with E-state index >= 15 is 0 Å². The maximum atomic E-state index is 13.3. The summed E-state index contributed by atoms with van der Waals surface area (Å²) in [5.41, 5.74) is 4.44. The molecule has 2 heterocycles. The normalized spacial score (nSPS) is 20.3. The van der Waals surface area contributed by atoms with Crippen LogP contribution in [0.15, 0.2) is 89.7 Å². The number of halogens is 1. The SMILES string of the molecule is O=C(OCC(=O)N1N=C2C(=Cc3ccccc3)CCCC2C1c1ccccc1)c1ccc(Cl)nc1. The molecule has 2 unspecified atom stereocenters. The second-order valence-corrected chi connectivity index (χ2v) is 8.99. The number of carbonyl (C=O) groups excluding carboxylic acids is 2. The Kier molecular flexibility index (Phi) is 6.73. The molecule has 0 bridgehead atoms. The Morgan fingerprint density at radius 1 is 1.03 bits per heavy atom. The minimum atomic E-state index is -0.632. The van der Waals surface area contributed by atoms with Crippen LogP contribution in [0.5, 0.6) is 0 Å². The van der Waals surface area contributed by atoms with Gasteiger partial charge in [0.25, 0.3) is 5.91 Å². The van der Waals surface area contributed by atoms with Crippen molar-refractivity contribution in [3.05, 3.63) is 106 Å². The number of carbonyl (C=O) groups is 2. The van der Waals surface area contributed by atoms with E-state index in [0.29, 0.717) is 0 Å². The van der Waals surface area contributed by atoms with Crippen LogP contribution >= 0.6 is 11.6 Å². The van der Waals surface area contributed by atoms with Gasteiger partial charge in [-0.2, -0.15) is 5.10 Å². The highest BCUT2D eigenvalue weighted by Crippen LogP contribution is 2.44. The molecule has 2 aliphatic rings. The van der Waals surface area contributed by atoms with E-state index in [1.165, 1.54) is 23.3 Å². The fourth-order valence-electron chi connectivity index (χ4n) is 4.71. The molecular weight excluding hydrogens is 462 g/mol. The van der Waals surface area contributed by atoms with Gasteiger partial charge in [-0.1, -0.05) is 72.3 Å². The first kappa shape index (κ1) is 23.0. The number of esters is 1. The summed E-state index contributed by atoms with van der Waals surface area (Å²) >= 11 is 5.78. The van der Waals surface area contributed by atoms with Crippen LogP contribution in [0.3, 0.4) is 0 Å². The van der Waals surface area contributed by atoms with Gasteiger partial charge in [-0.25, -0.2) is 14.8 Å². The molecule has 1 amide bonds. The molecule has 1 aliphatic carbocycles. The van der Waals surface area contributed by atoms with Crippen molar-refractivity contribution in [1.82, 2.24) is 9.99 Å². The molecule has 5 rings (SSSR count). The van der Waals surface area contributed by atoms with Crippen molar-refractivity contribution in [3.8, 4) is 0 Å². The van der Waals surface area contributed by atoms with Gasteiger partial charge < -0.3 is 4.74 Å². The van der Waals surface area contributed by atoms with Crippen molar-refractivity contribution in [2.75, 3.05) is 6.61 Å². The molecule has 6 nitrogen and oxygen atoms in total. The highest BCUT2D eigenvalue weighted by Gasteiger charge is 2.43. The van der Waals surface area contributed by atoms with Crippen molar-refractivity contribution in [1.29, 1.82) is 0 Å². The first-order valence-corrected chi connectivity index (χ1v) is 12.0. The van der Waals surface area contributed by atoms with E-state index in [1.54, 1.807) is 0 Å². The molecule has 2 atom stereocenters. The van der Waals surface area contributed by atoms with Crippen LogP contribution in [0.2, 0.25) is 5.15 Å². The van der Waals surface area contributed by atoms with E-state index < -0.39 is 12.6 Å². The van der Waals surface area contributed by atoms with Crippen molar-refractivity contribution >= 4 is 35.3 Å². The summed E-state index contributed by atoms with van der Waals surface area (Å²) in [4.78, 5) is 29.6. The molecule has 3 aromatic rings. The number of benzene rings is 2. The maximum Gasteiger partial charge on any atom is 0.340 e. The van der Waals surface area contributed by atoms with Gasteiger partial charge in [0.15, 0.2) is 6.61 Å². The van der Waals surface area contributed by atoms with Gasteiger partial charge in [-0.15, -0.1) is 0 Å². The van der Waals surface area contributed by atoms with E-state index in [0.717, 1.165) is 41.7 Å². The maximum absolute atomic E-state index is 13.3. The van der Waals surface area contributed by atoms with Crippen LogP contribution in [-0.2, 0) is 9.53 Å². The number of allylic oxidation sites excluding steroid dienone is 1. The van der Waals surface area contributed by atoms with E-state index in [-0.39, 0.29) is 28.6 Å². The fraction of sp³-hybridized carbons (Fsp3) is 0.214. The summed E-state index contributed by atoms with van der Waals surface area (Å²) in [5.74, 6) is -0.913. The number of hydrogen-bond acceptors (Lipinski definition) is 5. The molecule has 0 radical (unpaired) electrons. The van der Waals surface area contributed by atoms with Crippen molar-refractivity contribution in [3.63, 3.8) is 0 Å². The Bertz CT molecular complexity index is 1270. The zero-order valence-corrected chi connectivity index (χ0v) is 19.8. The van der Waals surface area contributed by atoms with Crippen LogP contribution in [0.1, 0.15) is 46.8 Å². The number of ether oxygens (including phenoxy) is 1. The number of rotatable bonds is 5. The summed E-state index contributed by atoms with van der Waals surface area (Å²) in [6.45, 7) is -0.411. The Morgan fingerprint density at radius 2 is 1.77 bits per heavy atom. The third-order valence-electron chi connectivity index (χ3n) is 6.33. The quantitative estimate of drug-likeness (QED) is 0.342. The molecule has 7 heteroatoms. The second kappa shape index (κ2) is 10.2. The third-order valence-corrected chi connectivity index (χ3v) is 6.55. The van der Waals surface area contributed by atoms with Gasteiger partial charge in [0.05, 0.1) is 17.3 Å². The minimum absolute atomic E-state index is 0.0845. The molecule has 0 N–H and O–H groups in total. The number of hydrazone groups is 1. The molecule has 0 saturated heterocycles. The van der Waals surface area contributed by atoms with Gasteiger partial charge in [0, 0.05) is 12.1 Å². The Labute approximate surface area is 208 Å². The average Bonchev–Trinajstić information content (AvgIpc) is 3.29. The van der Waals surface area contributed by atoms with Gasteiger partial charge >= 0.3 is 5.97 Å². The van der Waals surface area contributed by atoms with E-state index in [9.17, 15) is 9.59 Å². The van der Waals surface area contributed by atoms with E-state index in [2.05, 4.69) is 23.2 Å². The zero-order chi connectivity index (χ0) is 24.2. The predicted octanol–water partition coefficient (Wildman–Crippen LogP) is 5.72. The highest BCUT2D eigenvalue weighted by atomic mass is 35.5. The van der Waals surface area contributed by atoms with Gasteiger partial charge in [-0.05, 0) is 54.2 Å². The van der Waals surface area contributed by atoms with E-state index in [1.807, 2.05) is 48.5 Å². The Balaban J connectivity index is 1.41. The molecule has 1 fully saturated rings. The summed E-state index contributed by atoms with van der Waals surface area (Å²) in [6, 6.07) is 22.8. The summed E-state index contributed by atoms with van der Waals surface area (Å²) in [7, 11) is 0. The van der Waals surface area contributed by atoms with Crippen LogP contribution < -0.4 is 0 Å². The fourth-order valence-corrected chi connectivity index (χ4v) is 4.83. The number of pyridine rings is 1. The molecule has 35 heavy (non-hydrogen) atoms. The molecule has 1 aromatic heterocycles. The zero-order valence-electron chi connectivity index (χ0n) is 19.0. The molecule has 1 saturated carbocycles. The third kappa shape index (κ3) is 5.03. The van der Waals surface area contributed by atoms with Crippen molar-refractivity contribution in [2.45, 2.75) is 25.3 Å². The number of fused-ring (bicyclic) bond motifs is 1. The molecule has 0 spiro atoms. The Morgan fingerprint density at radius 3 is 2.49 bits per heavy atom. The number of nitrogens with zero attached hydrogens (tertiary/aromatic N) is 3. The standard InChI is InChI=1S/C28H24ClN3O3/c29-24-15-14-22(17-30-24)28(34)35-18-25(33)32-27(20-10-5-2-6-11-20)23-13-7-12-21(26(23)31-32)16-19-8-3-1-4-9-19/h1-6,8-11,14-17,23,27H,7,12-13,18H2. The first-order valence-electron chi connectivity index (χ1n) is 11.6. The van der Waals surface area contributed by atoms with Gasteiger partial charge in [-0.3, -0.25) is 4.79 Å². The lowest BCUT2D eigenvalue weighted by Crippen LogP contribution is -2.34. The Hall–Kier alpha value is -3.77. The molecule has 176 valence electrons. The second-order valence-electron chi connectivity index (χ2n) is 8.60. The monoisotopic (exact) mass is 485 g/mol. The first-order chi connectivity index (χ1) is 17.1. The lowest BCUT2D eigenvalue weighted by atomic mass is 9.77.